The van der Waals surface area contributed by atoms with Gasteiger partial charge in [0.15, 0.2) is 5.75 Å². The van der Waals surface area contributed by atoms with E-state index >= 15 is 0 Å². The summed E-state index contributed by atoms with van der Waals surface area (Å²) in [6.07, 6.45) is 2.35. The molecule has 2 rings (SSSR count). The highest BCUT2D eigenvalue weighted by Gasteiger charge is 2.09. The van der Waals surface area contributed by atoms with Gasteiger partial charge in [-0.05, 0) is 12.1 Å². The maximum absolute atomic E-state index is 11.7. The molecule has 0 aliphatic rings. The van der Waals surface area contributed by atoms with Crippen molar-refractivity contribution in [3.63, 3.8) is 0 Å². The quantitative estimate of drug-likeness (QED) is 0.680. The van der Waals surface area contributed by atoms with Crippen LogP contribution in [0.3, 0.4) is 0 Å². The molecule has 0 fully saturated rings. The average Bonchev–Trinajstić information content (AvgIpc) is 2.42. The van der Waals surface area contributed by atoms with Gasteiger partial charge in [-0.1, -0.05) is 6.07 Å². The van der Waals surface area contributed by atoms with Gasteiger partial charge in [0.1, 0.15) is 5.69 Å². The van der Waals surface area contributed by atoms with Crippen molar-refractivity contribution < 1.29 is 15.1 Å². The average molecular weight is 261 g/mol. The van der Waals surface area contributed by atoms with E-state index in [2.05, 4.69) is 10.3 Å². The third-order valence-electron chi connectivity index (χ3n) is 2.42. The highest BCUT2D eigenvalue weighted by atomic mass is 16.5. The van der Waals surface area contributed by atoms with Crippen molar-refractivity contribution >= 4 is 5.91 Å². The lowest BCUT2D eigenvalue weighted by Gasteiger charge is -2.08. The van der Waals surface area contributed by atoms with Crippen molar-refractivity contribution in [2.45, 2.75) is 6.54 Å². The monoisotopic (exact) mass is 261 g/mol. The van der Waals surface area contributed by atoms with E-state index in [0.717, 1.165) is 12.3 Å². The van der Waals surface area contributed by atoms with Crippen molar-refractivity contribution in [1.82, 2.24) is 15.0 Å². The summed E-state index contributed by atoms with van der Waals surface area (Å²) in [5, 5.41) is 21.0. The minimum absolute atomic E-state index is 0.0680. The first-order valence-electron chi connectivity index (χ1n) is 5.41. The van der Waals surface area contributed by atoms with Crippen LogP contribution in [-0.4, -0.2) is 25.9 Å². The number of nitrogens with one attached hydrogen (secondary N) is 1. The van der Waals surface area contributed by atoms with Gasteiger partial charge < -0.3 is 15.6 Å². The largest absolute Gasteiger partial charge is 0.503 e. The summed E-state index contributed by atoms with van der Waals surface area (Å²) in [4.78, 5) is 26.8. The molecule has 0 saturated heterocycles. The summed E-state index contributed by atoms with van der Waals surface area (Å²) >= 11 is 0. The normalized spacial score (nSPS) is 10.1. The fourth-order valence-corrected chi connectivity index (χ4v) is 1.44. The van der Waals surface area contributed by atoms with Gasteiger partial charge in [0.25, 0.3) is 5.91 Å². The van der Waals surface area contributed by atoms with E-state index in [4.69, 9.17) is 5.11 Å². The van der Waals surface area contributed by atoms with E-state index in [0.29, 0.717) is 4.73 Å². The molecule has 0 bridgehead atoms. The van der Waals surface area contributed by atoms with Crippen LogP contribution in [0.1, 0.15) is 16.2 Å². The van der Waals surface area contributed by atoms with E-state index < -0.39 is 17.1 Å². The number of carbonyl (C=O) groups is 1. The van der Waals surface area contributed by atoms with Gasteiger partial charge >= 0.3 is 0 Å². The molecular formula is C12H11N3O4. The standard InChI is InChI=1S/C12H11N3O4/c16-10-5-8(15(19)7-11(10)17)6-14-12(18)9-3-1-2-4-13-9/h1-5,7,17,19H,6H2,(H,14,18). The Labute approximate surface area is 107 Å². The number of amides is 1. The van der Waals surface area contributed by atoms with Gasteiger partial charge in [0.2, 0.25) is 5.43 Å². The molecule has 0 radical (unpaired) electrons. The van der Waals surface area contributed by atoms with Crippen molar-refractivity contribution in [3.05, 3.63) is 58.3 Å². The molecule has 7 heteroatoms. The zero-order chi connectivity index (χ0) is 13.8. The van der Waals surface area contributed by atoms with Gasteiger partial charge in [-0.2, -0.15) is 4.73 Å². The van der Waals surface area contributed by atoms with Crippen LogP contribution in [-0.2, 0) is 6.54 Å². The van der Waals surface area contributed by atoms with Gasteiger partial charge in [-0.15, -0.1) is 0 Å². The second-order valence-electron chi connectivity index (χ2n) is 3.76. The first-order chi connectivity index (χ1) is 9.08. The predicted octanol–water partition coefficient (Wildman–Crippen LogP) is 0.116. The molecule has 19 heavy (non-hydrogen) atoms. The molecule has 0 atom stereocenters. The molecule has 3 N–H and O–H groups in total. The fourth-order valence-electron chi connectivity index (χ4n) is 1.44. The van der Waals surface area contributed by atoms with Crippen LogP contribution in [0, 0.1) is 0 Å². The lowest BCUT2D eigenvalue weighted by Crippen LogP contribution is -2.26. The van der Waals surface area contributed by atoms with Crippen LogP contribution >= 0.6 is 0 Å². The van der Waals surface area contributed by atoms with Gasteiger partial charge in [0, 0.05) is 12.3 Å². The van der Waals surface area contributed by atoms with E-state index in [-0.39, 0.29) is 17.9 Å². The molecule has 0 unspecified atom stereocenters. The topological polar surface area (TPSA) is 104 Å². The lowest BCUT2D eigenvalue weighted by atomic mass is 10.3. The maximum atomic E-state index is 11.7. The number of hydrogen-bond acceptors (Lipinski definition) is 5. The number of hydrogen-bond donors (Lipinski definition) is 3. The summed E-state index contributed by atoms with van der Waals surface area (Å²) in [6, 6.07) is 5.93. The molecule has 7 nitrogen and oxygen atoms in total. The van der Waals surface area contributed by atoms with Crippen molar-refractivity contribution in [2.24, 2.45) is 0 Å². The van der Waals surface area contributed by atoms with Gasteiger partial charge in [0.05, 0.1) is 18.4 Å². The molecule has 0 saturated carbocycles. The van der Waals surface area contributed by atoms with Crippen LogP contribution in [0.15, 0.2) is 41.5 Å². The Kier molecular flexibility index (Phi) is 3.46. The summed E-state index contributed by atoms with van der Waals surface area (Å²) in [5.74, 6) is -0.997. The minimum atomic E-state index is -0.632. The number of carbonyl (C=O) groups excluding carboxylic acids is 1. The highest BCUT2D eigenvalue weighted by Crippen LogP contribution is 2.03. The lowest BCUT2D eigenvalue weighted by molar-refractivity contribution is 0.0940. The zero-order valence-corrected chi connectivity index (χ0v) is 9.78. The van der Waals surface area contributed by atoms with Crippen molar-refractivity contribution in [3.8, 4) is 5.75 Å². The van der Waals surface area contributed by atoms with Crippen LogP contribution in [0.2, 0.25) is 0 Å². The van der Waals surface area contributed by atoms with E-state index in [1.54, 1.807) is 12.1 Å². The summed E-state index contributed by atoms with van der Waals surface area (Å²) < 4.78 is 0.579. The summed E-state index contributed by atoms with van der Waals surface area (Å²) in [7, 11) is 0. The SMILES string of the molecule is O=C(NCc1cc(=O)c(O)cn1O)c1ccccn1. The Morgan fingerprint density at radius 3 is 2.89 bits per heavy atom. The predicted molar refractivity (Wildman–Crippen MR) is 65.0 cm³/mol. The Hall–Kier alpha value is -2.83. The summed E-state index contributed by atoms with van der Waals surface area (Å²) in [6.45, 7) is -0.0680. The Morgan fingerprint density at radius 1 is 1.42 bits per heavy atom. The molecule has 1 amide bonds. The Balaban J connectivity index is 2.09. The van der Waals surface area contributed by atoms with E-state index in [1.165, 1.54) is 12.3 Å². The number of aromatic hydroxyl groups is 1. The highest BCUT2D eigenvalue weighted by molar-refractivity contribution is 5.92. The molecule has 0 spiro atoms. The van der Waals surface area contributed by atoms with Crippen LogP contribution in [0.25, 0.3) is 0 Å². The Morgan fingerprint density at radius 2 is 2.21 bits per heavy atom. The maximum Gasteiger partial charge on any atom is 0.270 e. The number of nitrogens with zero attached hydrogens (tertiary/aromatic N) is 2. The molecule has 98 valence electrons. The fraction of sp³-hybridized carbons (Fsp3) is 0.0833. The van der Waals surface area contributed by atoms with E-state index in [9.17, 15) is 14.8 Å². The van der Waals surface area contributed by atoms with E-state index in [1.807, 2.05) is 0 Å². The third kappa shape index (κ3) is 2.89. The third-order valence-corrected chi connectivity index (χ3v) is 2.42. The van der Waals surface area contributed by atoms with Crippen LogP contribution in [0.5, 0.6) is 5.75 Å². The van der Waals surface area contributed by atoms with Gasteiger partial charge in [-0.25, -0.2) is 0 Å². The number of aromatic nitrogens is 2. The van der Waals surface area contributed by atoms with Gasteiger partial charge in [-0.3, -0.25) is 14.6 Å². The molecule has 2 aromatic rings. The second kappa shape index (κ2) is 5.21. The first kappa shape index (κ1) is 12.6. The first-order valence-corrected chi connectivity index (χ1v) is 5.41. The van der Waals surface area contributed by atoms with Crippen molar-refractivity contribution in [1.29, 1.82) is 0 Å². The van der Waals surface area contributed by atoms with Crippen LogP contribution in [0.4, 0.5) is 0 Å². The Bertz CT molecular complexity index is 652. The van der Waals surface area contributed by atoms with Crippen LogP contribution < -0.4 is 10.7 Å². The zero-order valence-electron chi connectivity index (χ0n) is 9.78. The van der Waals surface area contributed by atoms with Crippen molar-refractivity contribution in [2.75, 3.05) is 0 Å². The molecule has 0 aliphatic heterocycles. The molecule has 0 aromatic carbocycles. The number of rotatable bonds is 3. The number of pyridine rings is 2. The summed E-state index contributed by atoms with van der Waals surface area (Å²) in [5.41, 5.74) is -0.257. The smallest absolute Gasteiger partial charge is 0.270 e. The molecule has 2 aromatic heterocycles. The molecule has 2 heterocycles. The minimum Gasteiger partial charge on any atom is -0.503 e. The second-order valence-corrected chi connectivity index (χ2v) is 3.76. The molecule has 0 aliphatic carbocycles. The molecular weight excluding hydrogens is 250 g/mol.